The molecular formula is C14H25BrO. The highest BCUT2D eigenvalue weighted by Crippen LogP contribution is 2.42. The van der Waals surface area contributed by atoms with Gasteiger partial charge >= 0.3 is 0 Å². The fourth-order valence-electron chi connectivity index (χ4n) is 3.29. The quantitative estimate of drug-likeness (QED) is 0.674. The van der Waals surface area contributed by atoms with Crippen molar-refractivity contribution in [1.29, 1.82) is 0 Å². The van der Waals surface area contributed by atoms with Gasteiger partial charge < -0.3 is 4.74 Å². The van der Waals surface area contributed by atoms with Gasteiger partial charge in [-0.25, -0.2) is 0 Å². The first kappa shape index (κ1) is 12.9. The summed E-state index contributed by atoms with van der Waals surface area (Å²) >= 11 is 3.61. The van der Waals surface area contributed by atoms with Gasteiger partial charge in [0, 0.05) is 4.83 Å². The van der Waals surface area contributed by atoms with Gasteiger partial charge in [0.25, 0.3) is 0 Å². The molecule has 2 heteroatoms. The molecule has 2 unspecified atom stereocenters. The Morgan fingerprint density at radius 3 is 2.69 bits per heavy atom. The SMILES string of the molecule is CC(Br)CCCC1CCC2(CCCCC2)O1. The van der Waals surface area contributed by atoms with Crippen molar-refractivity contribution < 1.29 is 4.74 Å². The first-order valence-electron chi connectivity index (χ1n) is 7.02. The van der Waals surface area contributed by atoms with Crippen molar-refractivity contribution in [1.82, 2.24) is 0 Å². The lowest BCUT2D eigenvalue weighted by Crippen LogP contribution is -2.31. The maximum atomic E-state index is 6.36. The molecule has 0 bridgehead atoms. The van der Waals surface area contributed by atoms with Gasteiger partial charge in [0.1, 0.15) is 0 Å². The van der Waals surface area contributed by atoms with Crippen molar-refractivity contribution in [3.63, 3.8) is 0 Å². The molecule has 1 saturated heterocycles. The first-order valence-corrected chi connectivity index (χ1v) is 7.94. The van der Waals surface area contributed by atoms with Crippen LogP contribution in [0.25, 0.3) is 0 Å². The van der Waals surface area contributed by atoms with Gasteiger partial charge in [-0.1, -0.05) is 42.1 Å². The van der Waals surface area contributed by atoms with Gasteiger partial charge in [-0.05, 0) is 44.9 Å². The van der Waals surface area contributed by atoms with E-state index < -0.39 is 0 Å². The van der Waals surface area contributed by atoms with Crippen LogP contribution in [0.3, 0.4) is 0 Å². The Labute approximate surface area is 108 Å². The van der Waals surface area contributed by atoms with Crippen molar-refractivity contribution in [3.8, 4) is 0 Å². The van der Waals surface area contributed by atoms with Crippen LogP contribution in [-0.4, -0.2) is 16.5 Å². The third-order valence-corrected chi connectivity index (χ3v) is 4.69. The number of rotatable bonds is 4. The summed E-state index contributed by atoms with van der Waals surface area (Å²) in [5.41, 5.74) is 0.322. The molecule has 0 N–H and O–H groups in total. The second-order valence-electron chi connectivity index (χ2n) is 5.73. The van der Waals surface area contributed by atoms with Crippen LogP contribution in [0.15, 0.2) is 0 Å². The molecule has 1 nitrogen and oxygen atoms in total. The maximum absolute atomic E-state index is 6.36. The zero-order valence-corrected chi connectivity index (χ0v) is 12.1. The Hall–Kier alpha value is 0.440. The monoisotopic (exact) mass is 288 g/mol. The van der Waals surface area contributed by atoms with E-state index in [-0.39, 0.29) is 0 Å². The van der Waals surface area contributed by atoms with Gasteiger partial charge in [-0.3, -0.25) is 0 Å². The molecule has 0 aromatic heterocycles. The zero-order valence-electron chi connectivity index (χ0n) is 10.5. The van der Waals surface area contributed by atoms with Crippen LogP contribution in [0.4, 0.5) is 0 Å². The summed E-state index contributed by atoms with van der Waals surface area (Å²) in [7, 11) is 0. The Bertz CT molecular complexity index is 209. The average Bonchev–Trinajstić information content (AvgIpc) is 2.62. The van der Waals surface area contributed by atoms with Crippen LogP contribution in [0.1, 0.15) is 71.1 Å². The Morgan fingerprint density at radius 2 is 2.00 bits per heavy atom. The van der Waals surface area contributed by atoms with E-state index in [1.54, 1.807) is 0 Å². The number of alkyl halides is 1. The van der Waals surface area contributed by atoms with E-state index in [2.05, 4.69) is 22.9 Å². The fourth-order valence-corrected chi connectivity index (χ4v) is 3.61. The molecule has 2 aliphatic rings. The third kappa shape index (κ3) is 3.46. The Morgan fingerprint density at radius 1 is 1.25 bits per heavy atom. The van der Waals surface area contributed by atoms with Crippen LogP contribution in [0, 0.1) is 0 Å². The van der Waals surface area contributed by atoms with E-state index in [9.17, 15) is 0 Å². The minimum atomic E-state index is 0.322. The molecule has 0 radical (unpaired) electrons. The normalized spacial score (nSPS) is 30.8. The summed E-state index contributed by atoms with van der Waals surface area (Å²) in [5, 5.41) is 0. The summed E-state index contributed by atoms with van der Waals surface area (Å²) in [6.07, 6.45) is 14.0. The molecule has 16 heavy (non-hydrogen) atoms. The lowest BCUT2D eigenvalue weighted by molar-refractivity contribution is -0.0660. The molecule has 1 spiro atoms. The summed E-state index contributed by atoms with van der Waals surface area (Å²) in [4.78, 5) is 0.664. The van der Waals surface area contributed by atoms with E-state index in [0.717, 1.165) is 0 Å². The predicted molar refractivity (Wildman–Crippen MR) is 72.2 cm³/mol. The van der Waals surface area contributed by atoms with Crippen LogP contribution in [0.5, 0.6) is 0 Å². The maximum Gasteiger partial charge on any atom is 0.0687 e. The first-order chi connectivity index (χ1) is 7.70. The minimum Gasteiger partial charge on any atom is -0.372 e. The van der Waals surface area contributed by atoms with Crippen molar-refractivity contribution >= 4 is 15.9 Å². The summed E-state index contributed by atoms with van der Waals surface area (Å²) < 4.78 is 6.36. The average molecular weight is 289 g/mol. The van der Waals surface area contributed by atoms with Gasteiger partial charge in [0.05, 0.1) is 11.7 Å². The van der Waals surface area contributed by atoms with E-state index in [4.69, 9.17) is 4.74 Å². The van der Waals surface area contributed by atoms with Crippen molar-refractivity contribution in [2.24, 2.45) is 0 Å². The van der Waals surface area contributed by atoms with Crippen molar-refractivity contribution in [2.45, 2.75) is 87.7 Å². The molecule has 2 fully saturated rings. The van der Waals surface area contributed by atoms with Gasteiger partial charge in [0.2, 0.25) is 0 Å². The summed E-state index contributed by atoms with van der Waals surface area (Å²) in [6, 6.07) is 0. The second-order valence-corrected chi connectivity index (χ2v) is 7.30. The van der Waals surface area contributed by atoms with Gasteiger partial charge in [0.15, 0.2) is 0 Å². The van der Waals surface area contributed by atoms with E-state index >= 15 is 0 Å². The highest BCUT2D eigenvalue weighted by Gasteiger charge is 2.40. The van der Waals surface area contributed by atoms with Gasteiger partial charge in [-0.2, -0.15) is 0 Å². The molecule has 0 amide bonds. The summed E-state index contributed by atoms with van der Waals surface area (Å²) in [6.45, 7) is 2.23. The van der Waals surface area contributed by atoms with E-state index in [0.29, 0.717) is 16.5 Å². The number of hydrogen-bond donors (Lipinski definition) is 0. The van der Waals surface area contributed by atoms with Crippen LogP contribution >= 0.6 is 15.9 Å². The largest absolute Gasteiger partial charge is 0.372 e. The highest BCUT2D eigenvalue weighted by atomic mass is 79.9. The number of ether oxygens (including phenoxy) is 1. The second kappa shape index (κ2) is 5.86. The number of halogens is 1. The van der Waals surface area contributed by atoms with Crippen molar-refractivity contribution in [3.05, 3.63) is 0 Å². The zero-order chi connectivity index (χ0) is 11.4. The van der Waals surface area contributed by atoms with Crippen LogP contribution in [0.2, 0.25) is 0 Å². The lowest BCUT2D eigenvalue weighted by Gasteiger charge is -2.33. The summed E-state index contributed by atoms with van der Waals surface area (Å²) in [5.74, 6) is 0. The molecule has 0 aromatic rings. The molecular weight excluding hydrogens is 264 g/mol. The lowest BCUT2D eigenvalue weighted by atomic mass is 9.83. The molecule has 94 valence electrons. The topological polar surface area (TPSA) is 9.23 Å². The molecule has 2 rings (SSSR count). The highest BCUT2D eigenvalue weighted by molar-refractivity contribution is 9.09. The van der Waals surface area contributed by atoms with Crippen molar-refractivity contribution in [2.75, 3.05) is 0 Å². The Kier molecular flexibility index (Phi) is 4.72. The molecule has 1 heterocycles. The van der Waals surface area contributed by atoms with E-state index in [1.807, 2.05) is 0 Å². The molecule has 1 saturated carbocycles. The molecule has 1 aliphatic carbocycles. The molecule has 0 aromatic carbocycles. The predicted octanol–water partition coefficient (Wildman–Crippen LogP) is 4.82. The standard InChI is InChI=1S/C14H25BrO/c1-12(15)6-5-7-13-8-11-14(16-13)9-3-2-4-10-14/h12-13H,2-11H2,1H3. The molecule has 1 aliphatic heterocycles. The van der Waals surface area contributed by atoms with Gasteiger partial charge in [-0.15, -0.1) is 0 Å². The number of hydrogen-bond acceptors (Lipinski definition) is 1. The van der Waals surface area contributed by atoms with E-state index in [1.165, 1.54) is 64.2 Å². The third-order valence-electron chi connectivity index (χ3n) is 4.23. The fraction of sp³-hybridized carbons (Fsp3) is 1.00. The van der Waals surface area contributed by atoms with Crippen LogP contribution < -0.4 is 0 Å². The Balaban J connectivity index is 1.70. The molecule has 2 atom stereocenters. The van der Waals surface area contributed by atoms with Crippen LogP contribution in [-0.2, 0) is 4.74 Å². The minimum absolute atomic E-state index is 0.322. The smallest absolute Gasteiger partial charge is 0.0687 e.